The number of thioether (sulfide) groups is 1. The second kappa shape index (κ2) is 6.89. The fourth-order valence-corrected chi connectivity index (χ4v) is 2.04. The monoisotopic (exact) mass is 272 g/mol. The van der Waals surface area contributed by atoms with E-state index >= 15 is 0 Å². The fraction of sp³-hybridized carbons (Fsp3) is 0.417. The molecule has 0 aliphatic heterocycles. The fourth-order valence-electron chi connectivity index (χ4n) is 1.40. The van der Waals surface area contributed by atoms with Crippen LogP contribution in [-0.4, -0.2) is 24.7 Å². The summed E-state index contributed by atoms with van der Waals surface area (Å²) in [5.74, 6) is -0.164. The molecule has 0 saturated heterocycles. The third-order valence-corrected chi connectivity index (χ3v) is 3.59. The van der Waals surface area contributed by atoms with Gasteiger partial charge in [-0.2, -0.15) is 0 Å². The van der Waals surface area contributed by atoms with Crippen LogP contribution in [0.15, 0.2) is 23.1 Å². The van der Waals surface area contributed by atoms with Crippen LogP contribution in [0, 0.1) is 0 Å². The van der Waals surface area contributed by atoms with Crippen LogP contribution in [0.3, 0.4) is 0 Å². The molecule has 3 nitrogen and oxygen atoms in total. The number of amides is 1. The molecule has 0 radical (unpaired) electrons. The number of halogens is 1. The maximum atomic E-state index is 12.0. The lowest BCUT2D eigenvalue weighted by molar-refractivity contribution is 0.0937. The Balaban J connectivity index is 2.87. The highest BCUT2D eigenvalue weighted by Crippen LogP contribution is 2.23. The smallest absolute Gasteiger partial charge is 0.253 e. The Kier molecular flexibility index (Phi) is 5.82. The predicted octanol–water partition coefficient (Wildman–Crippen LogP) is 2.53. The highest BCUT2D eigenvalue weighted by atomic mass is 35.5. The number of hydrogen-bond acceptors (Lipinski definition) is 3. The lowest BCUT2D eigenvalue weighted by Crippen LogP contribution is -2.39. The number of nitrogens with two attached hydrogens (primary N) is 1. The molecule has 0 heterocycles. The SMILES string of the molecule is CCC(CN)NC(=O)c1cc(SC)ccc1Cl. The highest BCUT2D eigenvalue weighted by molar-refractivity contribution is 7.98. The standard InChI is InChI=1S/C12H17ClN2OS/c1-3-8(7-14)15-12(16)10-6-9(17-2)4-5-11(10)13/h4-6,8H,3,7,14H2,1-2H3,(H,15,16). The van der Waals surface area contributed by atoms with Gasteiger partial charge in [0.25, 0.3) is 5.91 Å². The first-order chi connectivity index (χ1) is 8.12. The largest absolute Gasteiger partial charge is 0.348 e. The minimum atomic E-state index is -0.164. The number of benzene rings is 1. The Morgan fingerprint density at radius 1 is 1.59 bits per heavy atom. The van der Waals surface area contributed by atoms with E-state index in [0.29, 0.717) is 17.1 Å². The first kappa shape index (κ1) is 14.4. The number of carbonyl (C=O) groups excluding carboxylic acids is 1. The van der Waals surface area contributed by atoms with Crippen LogP contribution in [-0.2, 0) is 0 Å². The molecular formula is C12H17ClN2OS. The summed E-state index contributed by atoms with van der Waals surface area (Å²) in [5.41, 5.74) is 6.06. The quantitative estimate of drug-likeness (QED) is 0.810. The van der Waals surface area contributed by atoms with Crippen molar-refractivity contribution in [3.8, 4) is 0 Å². The molecule has 17 heavy (non-hydrogen) atoms. The highest BCUT2D eigenvalue weighted by Gasteiger charge is 2.14. The Labute approximate surface area is 111 Å². The third kappa shape index (κ3) is 3.91. The van der Waals surface area contributed by atoms with Crippen LogP contribution < -0.4 is 11.1 Å². The summed E-state index contributed by atoms with van der Waals surface area (Å²) in [6.07, 6.45) is 2.77. The first-order valence-electron chi connectivity index (χ1n) is 5.46. The van der Waals surface area contributed by atoms with Gasteiger partial charge in [0, 0.05) is 17.5 Å². The van der Waals surface area contributed by atoms with E-state index in [-0.39, 0.29) is 11.9 Å². The summed E-state index contributed by atoms with van der Waals surface area (Å²) in [6, 6.07) is 5.43. The average molecular weight is 273 g/mol. The van der Waals surface area contributed by atoms with E-state index in [1.807, 2.05) is 19.2 Å². The molecule has 0 saturated carbocycles. The van der Waals surface area contributed by atoms with Gasteiger partial charge in [0.2, 0.25) is 0 Å². The maximum Gasteiger partial charge on any atom is 0.253 e. The number of nitrogens with one attached hydrogen (secondary N) is 1. The molecule has 0 aromatic heterocycles. The van der Waals surface area contributed by atoms with E-state index in [4.69, 9.17) is 17.3 Å². The van der Waals surface area contributed by atoms with Gasteiger partial charge in [0.05, 0.1) is 10.6 Å². The first-order valence-corrected chi connectivity index (χ1v) is 7.07. The Morgan fingerprint density at radius 3 is 2.82 bits per heavy atom. The van der Waals surface area contributed by atoms with Gasteiger partial charge in [0.1, 0.15) is 0 Å². The molecule has 0 fully saturated rings. The molecule has 1 aromatic rings. The molecule has 0 aliphatic rings. The van der Waals surface area contributed by atoms with E-state index in [1.165, 1.54) is 0 Å². The summed E-state index contributed by atoms with van der Waals surface area (Å²) < 4.78 is 0. The maximum absolute atomic E-state index is 12.0. The van der Waals surface area contributed by atoms with Gasteiger partial charge in [-0.05, 0) is 30.9 Å². The topological polar surface area (TPSA) is 55.1 Å². The lowest BCUT2D eigenvalue weighted by Gasteiger charge is -2.15. The zero-order valence-electron chi connectivity index (χ0n) is 10.00. The average Bonchev–Trinajstić information content (AvgIpc) is 2.36. The van der Waals surface area contributed by atoms with Gasteiger partial charge in [-0.1, -0.05) is 18.5 Å². The van der Waals surface area contributed by atoms with Crippen molar-refractivity contribution in [1.82, 2.24) is 5.32 Å². The van der Waals surface area contributed by atoms with Crippen LogP contribution in [0.25, 0.3) is 0 Å². The Bertz CT molecular complexity index is 394. The number of rotatable bonds is 5. The van der Waals surface area contributed by atoms with Gasteiger partial charge in [-0.3, -0.25) is 4.79 Å². The van der Waals surface area contributed by atoms with Crippen LogP contribution in [0.1, 0.15) is 23.7 Å². The third-order valence-electron chi connectivity index (χ3n) is 2.53. The van der Waals surface area contributed by atoms with Crippen LogP contribution in [0.5, 0.6) is 0 Å². The molecule has 0 aliphatic carbocycles. The van der Waals surface area contributed by atoms with Crippen LogP contribution >= 0.6 is 23.4 Å². The van der Waals surface area contributed by atoms with Crippen molar-refractivity contribution in [2.24, 2.45) is 5.73 Å². The molecule has 1 rings (SSSR count). The summed E-state index contributed by atoms with van der Waals surface area (Å²) >= 11 is 7.59. The van der Waals surface area contributed by atoms with E-state index in [1.54, 1.807) is 23.9 Å². The molecule has 3 N–H and O–H groups in total. The van der Waals surface area contributed by atoms with E-state index < -0.39 is 0 Å². The number of carbonyl (C=O) groups is 1. The second-order valence-electron chi connectivity index (χ2n) is 3.66. The van der Waals surface area contributed by atoms with Crippen molar-refractivity contribution in [2.45, 2.75) is 24.3 Å². The van der Waals surface area contributed by atoms with Crippen molar-refractivity contribution in [2.75, 3.05) is 12.8 Å². The van der Waals surface area contributed by atoms with Crippen molar-refractivity contribution >= 4 is 29.3 Å². The summed E-state index contributed by atoms with van der Waals surface area (Å²) in [4.78, 5) is 13.0. The molecule has 5 heteroatoms. The van der Waals surface area contributed by atoms with E-state index in [9.17, 15) is 4.79 Å². The number of hydrogen-bond donors (Lipinski definition) is 2. The molecule has 1 atom stereocenters. The van der Waals surface area contributed by atoms with Gasteiger partial charge in [-0.25, -0.2) is 0 Å². The Hall–Kier alpha value is -0.710. The van der Waals surface area contributed by atoms with Crippen molar-refractivity contribution in [1.29, 1.82) is 0 Å². The summed E-state index contributed by atoms with van der Waals surface area (Å²) in [6.45, 7) is 2.42. The Morgan fingerprint density at radius 2 is 2.29 bits per heavy atom. The predicted molar refractivity (Wildman–Crippen MR) is 73.8 cm³/mol. The van der Waals surface area contributed by atoms with Gasteiger partial charge in [0.15, 0.2) is 0 Å². The minimum absolute atomic E-state index is 0.00324. The van der Waals surface area contributed by atoms with Crippen molar-refractivity contribution in [3.05, 3.63) is 28.8 Å². The summed E-state index contributed by atoms with van der Waals surface area (Å²) in [5, 5.41) is 3.33. The van der Waals surface area contributed by atoms with Crippen LogP contribution in [0.2, 0.25) is 5.02 Å². The van der Waals surface area contributed by atoms with Crippen molar-refractivity contribution < 1.29 is 4.79 Å². The zero-order chi connectivity index (χ0) is 12.8. The summed E-state index contributed by atoms with van der Waals surface area (Å²) in [7, 11) is 0. The van der Waals surface area contributed by atoms with Gasteiger partial charge in [-0.15, -0.1) is 11.8 Å². The zero-order valence-corrected chi connectivity index (χ0v) is 11.6. The van der Waals surface area contributed by atoms with E-state index in [2.05, 4.69) is 5.32 Å². The molecular weight excluding hydrogens is 256 g/mol. The van der Waals surface area contributed by atoms with Gasteiger partial charge < -0.3 is 11.1 Å². The lowest BCUT2D eigenvalue weighted by atomic mass is 10.1. The molecule has 1 aromatic carbocycles. The molecule has 0 spiro atoms. The molecule has 94 valence electrons. The van der Waals surface area contributed by atoms with Crippen LogP contribution in [0.4, 0.5) is 0 Å². The van der Waals surface area contributed by atoms with Crippen molar-refractivity contribution in [3.63, 3.8) is 0 Å². The minimum Gasteiger partial charge on any atom is -0.348 e. The normalized spacial score (nSPS) is 12.2. The van der Waals surface area contributed by atoms with Gasteiger partial charge >= 0.3 is 0 Å². The molecule has 1 unspecified atom stereocenters. The molecule has 1 amide bonds. The molecule has 0 bridgehead atoms. The second-order valence-corrected chi connectivity index (χ2v) is 4.95. The van der Waals surface area contributed by atoms with E-state index in [0.717, 1.165) is 11.3 Å².